The molecule has 20 heavy (non-hydrogen) atoms. The standard InChI is InChI=1S/C14H18FNO3S/c1-20-9-12(14(18)19)16-13(17)4-2-3-10-5-7-11(15)8-6-10/h5-8,12H,2-4,9H2,1H3,(H,16,17)(H,18,19)/t12-/m0/s1. The number of carbonyl (C=O) groups is 2. The highest BCUT2D eigenvalue weighted by Gasteiger charge is 2.18. The lowest BCUT2D eigenvalue weighted by Crippen LogP contribution is -2.42. The second-order valence-electron chi connectivity index (χ2n) is 4.39. The molecule has 0 bridgehead atoms. The molecule has 1 atom stereocenters. The van der Waals surface area contributed by atoms with Crippen LogP contribution in [0.15, 0.2) is 24.3 Å². The lowest BCUT2D eigenvalue weighted by Gasteiger charge is -2.13. The van der Waals surface area contributed by atoms with Gasteiger partial charge in [-0.2, -0.15) is 11.8 Å². The van der Waals surface area contributed by atoms with Crippen LogP contribution in [0.2, 0.25) is 0 Å². The molecule has 0 aliphatic carbocycles. The minimum atomic E-state index is -1.02. The molecule has 0 heterocycles. The number of hydrogen-bond donors (Lipinski definition) is 2. The van der Waals surface area contributed by atoms with Gasteiger partial charge in [0.05, 0.1) is 0 Å². The van der Waals surface area contributed by atoms with Gasteiger partial charge in [-0.25, -0.2) is 9.18 Å². The fourth-order valence-corrected chi connectivity index (χ4v) is 2.27. The van der Waals surface area contributed by atoms with Gasteiger partial charge in [-0.15, -0.1) is 0 Å². The molecule has 0 unspecified atom stereocenters. The van der Waals surface area contributed by atoms with Gasteiger partial charge < -0.3 is 10.4 Å². The number of aliphatic carboxylic acids is 1. The summed E-state index contributed by atoms with van der Waals surface area (Å²) in [5, 5.41) is 11.4. The third-order valence-electron chi connectivity index (χ3n) is 2.75. The second kappa shape index (κ2) is 8.58. The molecule has 1 aromatic carbocycles. The Morgan fingerprint density at radius 1 is 1.35 bits per heavy atom. The fraction of sp³-hybridized carbons (Fsp3) is 0.429. The maximum Gasteiger partial charge on any atom is 0.327 e. The number of carbonyl (C=O) groups excluding carboxylic acids is 1. The van der Waals surface area contributed by atoms with Gasteiger partial charge in [0.25, 0.3) is 0 Å². The molecular weight excluding hydrogens is 281 g/mol. The first kappa shape index (κ1) is 16.5. The van der Waals surface area contributed by atoms with Crippen molar-refractivity contribution >= 4 is 23.6 Å². The molecule has 0 aromatic heterocycles. The molecule has 0 aliphatic rings. The Kier molecular flexibility index (Phi) is 7.08. The van der Waals surface area contributed by atoms with Crippen LogP contribution in [0.5, 0.6) is 0 Å². The van der Waals surface area contributed by atoms with Crippen molar-refractivity contribution in [3.05, 3.63) is 35.6 Å². The lowest BCUT2D eigenvalue weighted by molar-refractivity contribution is -0.141. The number of aryl methyl sites for hydroxylation is 1. The number of hydrogen-bond acceptors (Lipinski definition) is 3. The Balaban J connectivity index is 2.32. The van der Waals surface area contributed by atoms with Gasteiger partial charge in [-0.3, -0.25) is 4.79 Å². The molecule has 0 spiro atoms. The third kappa shape index (κ3) is 6.06. The minimum absolute atomic E-state index is 0.259. The molecule has 0 fully saturated rings. The third-order valence-corrected chi connectivity index (χ3v) is 3.42. The van der Waals surface area contributed by atoms with Crippen molar-refractivity contribution in [3.8, 4) is 0 Å². The number of rotatable bonds is 8. The predicted octanol–water partition coefficient (Wildman–Crippen LogP) is 2.08. The van der Waals surface area contributed by atoms with Gasteiger partial charge in [0, 0.05) is 12.2 Å². The summed E-state index contributed by atoms with van der Waals surface area (Å²) in [5.41, 5.74) is 0.957. The van der Waals surface area contributed by atoms with Crippen molar-refractivity contribution in [3.63, 3.8) is 0 Å². The van der Waals surface area contributed by atoms with Gasteiger partial charge >= 0.3 is 5.97 Å². The van der Waals surface area contributed by atoms with E-state index in [1.807, 2.05) is 0 Å². The summed E-state index contributed by atoms with van der Waals surface area (Å²) in [6, 6.07) is 5.29. The summed E-state index contributed by atoms with van der Waals surface area (Å²) in [6.07, 6.45) is 3.31. The summed E-state index contributed by atoms with van der Waals surface area (Å²) < 4.78 is 12.7. The number of thioether (sulfide) groups is 1. The Bertz CT molecular complexity index is 450. The molecule has 6 heteroatoms. The van der Waals surface area contributed by atoms with Crippen LogP contribution >= 0.6 is 11.8 Å². The van der Waals surface area contributed by atoms with Crippen molar-refractivity contribution < 1.29 is 19.1 Å². The SMILES string of the molecule is CSC[C@H](NC(=O)CCCc1ccc(F)cc1)C(=O)O. The number of nitrogens with one attached hydrogen (secondary N) is 1. The van der Waals surface area contributed by atoms with Crippen LogP contribution in [0.1, 0.15) is 18.4 Å². The summed E-state index contributed by atoms with van der Waals surface area (Å²) in [6.45, 7) is 0. The molecule has 0 radical (unpaired) electrons. The first-order valence-corrected chi connectivity index (χ1v) is 7.68. The number of carboxylic acids is 1. The van der Waals surface area contributed by atoms with Crippen molar-refractivity contribution in [2.75, 3.05) is 12.0 Å². The monoisotopic (exact) mass is 299 g/mol. The molecule has 0 saturated heterocycles. The highest BCUT2D eigenvalue weighted by Crippen LogP contribution is 2.07. The van der Waals surface area contributed by atoms with E-state index in [-0.39, 0.29) is 18.1 Å². The van der Waals surface area contributed by atoms with Gasteiger partial charge in [-0.05, 0) is 36.8 Å². The lowest BCUT2D eigenvalue weighted by atomic mass is 10.1. The Morgan fingerprint density at radius 3 is 2.55 bits per heavy atom. The first-order valence-electron chi connectivity index (χ1n) is 6.28. The molecule has 2 N–H and O–H groups in total. The minimum Gasteiger partial charge on any atom is -0.480 e. The molecule has 0 saturated carbocycles. The average molecular weight is 299 g/mol. The van der Waals surface area contributed by atoms with E-state index in [9.17, 15) is 14.0 Å². The van der Waals surface area contributed by atoms with Crippen LogP contribution in [0.3, 0.4) is 0 Å². The highest BCUT2D eigenvalue weighted by atomic mass is 32.2. The van der Waals surface area contributed by atoms with E-state index in [0.29, 0.717) is 18.6 Å². The molecule has 1 aromatic rings. The van der Waals surface area contributed by atoms with E-state index >= 15 is 0 Å². The van der Waals surface area contributed by atoms with Crippen molar-refractivity contribution in [1.29, 1.82) is 0 Å². The van der Waals surface area contributed by atoms with Crippen molar-refractivity contribution in [2.45, 2.75) is 25.3 Å². The van der Waals surface area contributed by atoms with Crippen LogP contribution in [0.25, 0.3) is 0 Å². The molecule has 4 nitrogen and oxygen atoms in total. The number of halogens is 1. The quantitative estimate of drug-likeness (QED) is 0.771. The van der Waals surface area contributed by atoms with Crippen LogP contribution < -0.4 is 5.32 Å². The molecule has 1 rings (SSSR count). The number of amides is 1. The smallest absolute Gasteiger partial charge is 0.327 e. The van der Waals surface area contributed by atoms with Gasteiger partial charge in [-0.1, -0.05) is 12.1 Å². The summed E-state index contributed by atoms with van der Waals surface area (Å²) in [7, 11) is 0. The largest absolute Gasteiger partial charge is 0.480 e. The van der Waals surface area contributed by atoms with Gasteiger partial charge in [0.1, 0.15) is 11.9 Å². The van der Waals surface area contributed by atoms with E-state index in [1.54, 1.807) is 18.4 Å². The first-order chi connectivity index (χ1) is 9.52. The summed E-state index contributed by atoms with van der Waals surface area (Å²) in [4.78, 5) is 22.5. The second-order valence-corrected chi connectivity index (χ2v) is 5.30. The van der Waals surface area contributed by atoms with E-state index in [2.05, 4.69) is 5.32 Å². The van der Waals surface area contributed by atoms with E-state index < -0.39 is 12.0 Å². The van der Waals surface area contributed by atoms with Gasteiger partial charge in [0.15, 0.2) is 0 Å². The Morgan fingerprint density at radius 2 is 2.00 bits per heavy atom. The predicted molar refractivity (Wildman–Crippen MR) is 77.3 cm³/mol. The van der Waals surface area contributed by atoms with Crippen LogP contribution in [0, 0.1) is 5.82 Å². The zero-order chi connectivity index (χ0) is 15.0. The highest BCUT2D eigenvalue weighted by molar-refractivity contribution is 7.98. The van der Waals surface area contributed by atoms with Crippen molar-refractivity contribution in [1.82, 2.24) is 5.32 Å². The maximum absolute atomic E-state index is 12.7. The molecule has 110 valence electrons. The molecule has 0 aliphatic heterocycles. The van der Waals surface area contributed by atoms with Gasteiger partial charge in [0.2, 0.25) is 5.91 Å². The summed E-state index contributed by atoms with van der Waals surface area (Å²) >= 11 is 1.37. The normalized spacial score (nSPS) is 11.9. The number of benzene rings is 1. The van der Waals surface area contributed by atoms with E-state index in [4.69, 9.17) is 5.11 Å². The van der Waals surface area contributed by atoms with E-state index in [0.717, 1.165) is 5.56 Å². The zero-order valence-corrected chi connectivity index (χ0v) is 12.1. The molecule has 1 amide bonds. The van der Waals surface area contributed by atoms with E-state index in [1.165, 1.54) is 23.9 Å². The Hall–Kier alpha value is -1.56. The van der Waals surface area contributed by atoms with Crippen LogP contribution in [-0.2, 0) is 16.0 Å². The number of carboxylic acid groups (broad SMARTS) is 1. The average Bonchev–Trinajstić information content (AvgIpc) is 2.40. The van der Waals surface area contributed by atoms with Crippen LogP contribution in [0.4, 0.5) is 4.39 Å². The van der Waals surface area contributed by atoms with Crippen LogP contribution in [-0.4, -0.2) is 35.0 Å². The summed E-state index contributed by atoms with van der Waals surface area (Å²) in [5.74, 6) is -1.23. The topological polar surface area (TPSA) is 66.4 Å². The Labute approximate surface area is 121 Å². The maximum atomic E-state index is 12.7. The molecular formula is C14H18FNO3S. The van der Waals surface area contributed by atoms with Crippen molar-refractivity contribution in [2.24, 2.45) is 0 Å². The zero-order valence-electron chi connectivity index (χ0n) is 11.3. The fourth-order valence-electron chi connectivity index (χ4n) is 1.71.